The number of pyridine rings is 1. The third kappa shape index (κ3) is 3.80. The first kappa shape index (κ1) is 17.4. The van der Waals surface area contributed by atoms with Crippen LogP contribution in [0.3, 0.4) is 0 Å². The largest absolute Gasteiger partial charge is 0.372 e. The van der Waals surface area contributed by atoms with Crippen LogP contribution in [0.1, 0.15) is 21.7 Å². The summed E-state index contributed by atoms with van der Waals surface area (Å²) >= 11 is 0. The molecule has 9 nitrogen and oxygen atoms in total. The Morgan fingerprint density at radius 3 is 2.88 bits per heavy atom. The second-order valence-electron chi connectivity index (χ2n) is 5.78. The molecule has 2 aromatic heterocycles. The molecule has 1 aliphatic heterocycles. The number of fused-ring (bicyclic) bond motifs is 1. The Bertz CT molecular complexity index is 892. The normalized spacial score (nSPS) is 14.8. The van der Waals surface area contributed by atoms with Gasteiger partial charge in [0.2, 0.25) is 10.0 Å². The van der Waals surface area contributed by atoms with E-state index in [2.05, 4.69) is 20.7 Å². The van der Waals surface area contributed by atoms with E-state index in [1.165, 1.54) is 10.6 Å². The van der Waals surface area contributed by atoms with Gasteiger partial charge in [0.15, 0.2) is 0 Å². The number of amides is 1. The van der Waals surface area contributed by atoms with Gasteiger partial charge in [0.25, 0.3) is 5.91 Å². The monoisotopic (exact) mass is 364 g/mol. The van der Waals surface area contributed by atoms with Crippen molar-refractivity contribution in [1.82, 2.24) is 24.4 Å². The van der Waals surface area contributed by atoms with Crippen LogP contribution in [0.25, 0.3) is 0 Å². The van der Waals surface area contributed by atoms with E-state index < -0.39 is 10.0 Å². The highest BCUT2D eigenvalue weighted by Gasteiger charge is 2.24. The predicted octanol–water partition coefficient (Wildman–Crippen LogP) is 0.0250. The fourth-order valence-electron chi connectivity index (χ4n) is 2.73. The van der Waals surface area contributed by atoms with Gasteiger partial charge in [-0.3, -0.25) is 9.48 Å². The van der Waals surface area contributed by atoms with E-state index in [4.69, 9.17) is 0 Å². The second-order valence-corrected chi connectivity index (χ2v) is 7.76. The van der Waals surface area contributed by atoms with E-state index in [0.29, 0.717) is 36.7 Å². The molecular formula is C15H20N6O3S. The van der Waals surface area contributed by atoms with Gasteiger partial charge in [0.05, 0.1) is 42.8 Å². The Labute approximate surface area is 146 Å². The zero-order valence-electron chi connectivity index (χ0n) is 14.1. The molecule has 134 valence electrons. The lowest BCUT2D eigenvalue weighted by Crippen LogP contribution is -2.37. The molecule has 3 heterocycles. The van der Waals surface area contributed by atoms with Gasteiger partial charge >= 0.3 is 0 Å². The van der Waals surface area contributed by atoms with Gasteiger partial charge in [0.1, 0.15) is 5.82 Å². The summed E-state index contributed by atoms with van der Waals surface area (Å²) in [5.41, 5.74) is 1.96. The van der Waals surface area contributed by atoms with E-state index in [9.17, 15) is 13.2 Å². The zero-order valence-corrected chi connectivity index (χ0v) is 14.9. The van der Waals surface area contributed by atoms with Crippen molar-refractivity contribution in [3.63, 3.8) is 0 Å². The maximum Gasteiger partial charge on any atom is 0.255 e. The van der Waals surface area contributed by atoms with Crippen LogP contribution in [0.5, 0.6) is 0 Å². The van der Waals surface area contributed by atoms with Gasteiger partial charge in [-0.15, -0.1) is 0 Å². The minimum atomic E-state index is -3.22. The number of anilines is 1. The molecule has 0 atom stereocenters. The van der Waals surface area contributed by atoms with Gasteiger partial charge in [-0.1, -0.05) is 0 Å². The highest BCUT2D eigenvalue weighted by molar-refractivity contribution is 7.88. The first-order valence-electron chi connectivity index (χ1n) is 7.80. The molecule has 0 unspecified atom stereocenters. The average Bonchev–Trinajstić information content (AvgIpc) is 3.01. The topological polar surface area (TPSA) is 109 Å². The summed E-state index contributed by atoms with van der Waals surface area (Å²) < 4.78 is 26.5. The number of rotatable bonds is 5. The van der Waals surface area contributed by atoms with Crippen molar-refractivity contribution in [3.05, 3.63) is 41.3 Å². The molecule has 10 heteroatoms. The molecule has 3 rings (SSSR count). The van der Waals surface area contributed by atoms with E-state index in [0.717, 1.165) is 5.69 Å². The Morgan fingerprint density at radius 1 is 1.36 bits per heavy atom. The molecule has 0 fully saturated rings. The van der Waals surface area contributed by atoms with Gasteiger partial charge in [0, 0.05) is 19.8 Å². The molecule has 0 radical (unpaired) electrons. The van der Waals surface area contributed by atoms with Crippen LogP contribution in [-0.4, -0.2) is 53.2 Å². The minimum Gasteiger partial charge on any atom is -0.372 e. The van der Waals surface area contributed by atoms with Crippen LogP contribution in [0.15, 0.2) is 24.4 Å². The number of sulfonamides is 1. The van der Waals surface area contributed by atoms with E-state index in [1.807, 2.05) is 6.07 Å². The average molecular weight is 364 g/mol. The highest BCUT2D eigenvalue weighted by Crippen LogP contribution is 2.16. The van der Waals surface area contributed by atoms with Crippen LogP contribution in [0.2, 0.25) is 0 Å². The molecular weight excluding hydrogens is 344 g/mol. The lowest BCUT2D eigenvalue weighted by Gasteiger charge is -2.25. The molecule has 0 aliphatic carbocycles. The molecule has 0 saturated heterocycles. The van der Waals surface area contributed by atoms with Crippen molar-refractivity contribution < 1.29 is 13.2 Å². The van der Waals surface area contributed by atoms with Gasteiger partial charge < -0.3 is 10.6 Å². The Kier molecular flexibility index (Phi) is 4.73. The quantitative estimate of drug-likeness (QED) is 0.774. The van der Waals surface area contributed by atoms with Crippen molar-refractivity contribution in [2.75, 3.05) is 25.2 Å². The highest BCUT2D eigenvalue weighted by atomic mass is 32.2. The molecule has 2 aromatic rings. The van der Waals surface area contributed by atoms with Crippen LogP contribution >= 0.6 is 0 Å². The van der Waals surface area contributed by atoms with Crippen LogP contribution < -0.4 is 10.6 Å². The molecule has 0 spiro atoms. The summed E-state index contributed by atoms with van der Waals surface area (Å²) in [4.78, 5) is 16.4. The summed E-state index contributed by atoms with van der Waals surface area (Å²) in [6.45, 7) is 1.46. The number of hydrogen-bond acceptors (Lipinski definition) is 6. The SMILES string of the molecule is CNc1ncccc1C(=O)NCc1cc2n(n1)CCN(S(C)(=O)=O)C2. The van der Waals surface area contributed by atoms with Gasteiger partial charge in [-0.25, -0.2) is 13.4 Å². The Morgan fingerprint density at radius 2 is 2.16 bits per heavy atom. The van der Waals surface area contributed by atoms with Crippen molar-refractivity contribution in [2.45, 2.75) is 19.6 Å². The maximum atomic E-state index is 12.3. The standard InChI is InChI=1S/C15H20N6O3S/c1-16-14-13(4-3-5-17-14)15(22)18-9-11-8-12-10-20(25(2,23)24)6-7-21(12)19-11/h3-5,8H,6-7,9-10H2,1-2H3,(H,16,17)(H,18,22). The number of nitrogens with zero attached hydrogens (tertiary/aromatic N) is 4. The number of aromatic nitrogens is 3. The summed E-state index contributed by atoms with van der Waals surface area (Å²) in [5.74, 6) is 0.258. The van der Waals surface area contributed by atoms with Gasteiger partial charge in [-0.2, -0.15) is 9.40 Å². The van der Waals surface area contributed by atoms with E-state index >= 15 is 0 Å². The van der Waals surface area contributed by atoms with Crippen molar-refractivity contribution in [3.8, 4) is 0 Å². The number of carbonyl (C=O) groups excluding carboxylic acids is 1. The van der Waals surface area contributed by atoms with Crippen LogP contribution in [0, 0.1) is 0 Å². The molecule has 1 amide bonds. The molecule has 25 heavy (non-hydrogen) atoms. The van der Waals surface area contributed by atoms with Crippen molar-refractivity contribution >= 4 is 21.7 Å². The third-order valence-corrected chi connectivity index (χ3v) is 5.25. The number of nitrogens with one attached hydrogen (secondary N) is 2. The summed E-state index contributed by atoms with van der Waals surface area (Å²) in [6, 6.07) is 5.21. The molecule has 0 bridgehead atoms. The Balaban J connectivity index is 1.67. The van der Waals surface area contributed by atoms with Crippen LogP contribution in [-0.2, 0) is 29.7 Å². The van der Waals surface area contributed by atoms with E-state index in [1.54, 1.807) is 30.1 Å². The third-order valence-electron chi connectivity index (χ3n) is 4.00. The van der Waals surface area contributed by atoms with Gasteiger partial charge in [-0.05, 0) is 18.2 Å². The lowest BCUT2D eigenvalue weighted by molar-refractivity contribution is 0.0951. The fraction of sp³-hybridized carbons (Fsp3) is 0.400. The first-order valence-corrected chi connectivity index (χ1v) is 9.65. The predicted molar refractivity (Wildman–Crippen MR) is 92.4 cm³/mol. The van der Waals surface area contributed by atoms with Crippen LogP contribution in [0.4, 0.5) is 5.82 Å². The lowest BCUT2D eigenvalue weighted by atomic mass is 10.2. The fourth-order valence-corrected chi connectivity index (χ4v) is 3.51. The summed E-state index contributed by atoms with van der Waals surface area (Å²) in [7, 11) is -1.52. The van der Waals surface area contributed by atoms with E-state index in [-0.39, 0.29) is 12.5 Å². The molecule has 0 aromatic carbocycles. The maximum absolute atomic E-state index is 12.3. The first-order chi connectivity index (χ1) is 11.9. The smallest absolute Gasteiger partial charge is 0.255 e. The molecule has 0 saturated carbocycles. The zero-order chi connectivity index (χ0) is 18.0. The summed E-state index contributed by atoms with van der Waals surface area (Å²) in [6.07, 6.45) is 2.81. The number of hydrogen-bond donors (Lipinski definition) is 2. The molecule has 2 N–H and O–H groups in total. The summed E-state index contributed by atoms with van der Waals surface area (Å²) in [5, 5.41) is 10.1. The number of carbonyl (C=O) groups is 1. The van der Waals surface area contributed by atoms with Crippen molar-refractivity contribution in [1.29, 1.82) is 0 Å². The second kappa shape index (κ2) is 6.81. The Hall–Kier alpha value is -2.46. The van der Waals surface area contributed by atoms with Crippen molar-refractivity contribution in [2.24, 2.45) is 0 Å². The minimum absolute atomic E-state index is 0.249. The molecule has 1 aliphatic rings.